The fourth-order valence-electron chi connectivity index (χ4n) is 0.805. The Morgan fingerprint density at radius 3 is 2.21 bits per heavy atom. The van der Waals surface area contributed by atoms with Crippen LogP contribution in [0.1, 0.15) is 19.8 Å². The molecule has 0 heterocycles. The average molecular weight is 234 g/mol. The lowest BCUT2D eigenvalue weighted by atomic mass is 10.2. The van der Waals surface area contributed by atoms with Crippen molar-refractivity contribution in [1.82, 2.24) is 0 Å². The van der Waals surface area contributed by atoms with Crippen LogP contribution in [0.4, 0.5) is 13.2 Å². The lowest BCUT2D eigenvalue weighted by Crippen LogP contribution is -2.28. The summed E-state index contributed by atoms with van der Waals surface area (Å²) in [5, 5.41) is 8.54. The minimum Gasteiger partial charge on any atom is -0.384 e. The fraction of sp³-hybridized carbons (Fsp3) is 1.00. The largest absolute Gasteiger partial charge is 0.414 e. The highest BCUT2D eigenvalue weighted by Gasteiger charge is 2.37. The van der Waals surface area contributed by atoms with Crippen LogP contribution in [0.2, 0.25) is 0 Å². The summed E-state index contributed by atoms with van der Waals surface area (Å²) in [6, 6.07) is 0. The normalized spacial score (nSPS) is 15.5. The average Bonchev–Trinajstić information content (AvgIpc) is 2.02. The van der Waals surface area contributed by atoms with Gasteiger partial charge in [-0.25, -0.2) is 8.42 Å². The first kappa shape index (κ1) is 13.7. The third-order valence-corrected chi connectivity index (χ3v) is 3.54. The maximum absolute atomic E-state index is 11.8. The van der Waals surface area contributed by atoms with Crippen LogP contribution < -0.4 is 0 Å². The molecule has 0 saturated heterocycles. The van der Waals surface area contributed by atoms with E-state index in [-0.39, 0.29) is 17.9 Å². The Labute approximate surface area is 80.8 Å². The standard InChI is InChI=1S/C7H13F3O3S/c1-2-14(12,13)5-3-4-6(11)7(8,9)10/h6,11H,2-5H2,1H3. The van der Waals surface area contributed by atoms with E-state index in [1.54, 1.807) is 0 Å². The summed E-state index contributed by atoms with van der Waals surface area (Å²) in [4.78, 5) is 0. The molecule has 0 aromatic carbocycles. The van der Waals surface area contributed by atoms with Gasteiger partial charge in [0, 0.05) is 5.75 Å². The van der Waals surface area contributed by atoms with Crippen molar-refractivity contribution in [3.05, 3.63) is 0 Å². The van der Waals surface area contributed by atoms with Crippen LogP contribution in [0.3, 0.4) is 0 Å². The number of halogens is 3. The zero-order valence-corrected chi connectivity index (χ0v) is 8.53. The molecular formula is C7H13F3O3S. The van der Waals surface area contributed by atoms with E-state index in [9.17, 15) is 21.6 Å². The van der Waals surface area contributed by atoms with Crippen LogP contribution >= 0.6 is 0 Å². The fourth-order valence-corrected chi connectivity index (χ4v) is 1.70. The monoisotopic (exact) mass is 234 g/mol. The maximum Gasteiger partial charge on any atom is 0.414 e. The molecule has 0 aliphatic heterocycles. The van der Waals surface area contributed by atoms with E-state index in [4.69, 9.17) is 5.11 Å². The van der Waals surface area contributed by atoms with Gasteiger partial charge in [-0.05, 0) is 12.8 Å². The van der Waals surface area contributed by atoms with Crippen molar-refractivity contribution in [2.24, 2.45) is 0 Å². The Kier molecular flexibility index (Phi) is 4.87. The zero-order chi connectivity index (χ0) is 11.4. The summed E-state index contributed by atoms with van der Waals surface area (Å²) in [7, 11) is -3.24. The van der Waals surface area contributed by atoms with Crippen LogP contribution in [0.5, 0.6) is 0 Å². The molecule has 7 heteroatoms. The molecule has 0 aliphatic rings. The number of aliphatic hydroxyl groups excluding tert-OH is 1. The molecule has 3 nitrogen and oxygen atoms in total. The zero-order valence-electron chi connectivity index (χ0n) is 7.71. The van der Waals surface area contributed by atoms with Gasteiger partial charge in [0.2, 0.25) is 0 Å². The molecule has 0 amide bonds. The molecule has 0 rings (SSSR count). The predicted molar refractivity (Wildman–Crippen MR) is 45.6 cm³/mol. The number of hydrogen-bond donors (Lipinski definition) is 1. The summed E-state index contributed by atoms with van der Waals surface area (Å²) < 4.78 is 57.0. The van der Waals surface area contributed by atoms with E-state index < -0.39 is 28.5 Å². The summed E-state index contributed by atoms with van der Waals surface area (Å²) in [5.74, 6) is -0.397. The summed E-state index contributed by atoms with van der Waals surface area (Å²) in [5.41, 5.74) is 0. The first-order chi connectivity index (χ1) is 6.19. The first-order valence-electron chi connectivity index (χ1n) is 4.14. The molecule has 1 unspecified atom stereocenters. The maximum atomic E-state index is 11.8. The molecular weight excluding hydrogens is 221 g/mol. The van der Waals surface area contributed by atoms with Crippen LogP contribution in [-0.4, -0.2) is 37.3 Å². The number of sulfone groups is 1. The molecule has 1 N–H and O–H groups in total. The summed E-state index contributed by atoms with van der Waals surface area (Å²) in [6.45, 7) is 1.43. The van der Waals surface area contributed by atoms with E-state index in [1.807, 2.05) is 0 Å². The van der Waals surface area contributed by atoms with Crippen molar-refractivity contribution in [2.45, 2.75) is 32.0 Å². The Morgan fingerprint density at radius 2 is 1.86 bits per heavy atom. The molecule has 0 radical (unpaired) electrons. The Morgan fingerprint density at radius 1 is 1.36 bits per heavy atom. The highest BCUT2D eigenvalue weighted by molar-refractivity contribution is 7.91. The lowest BCUT2D eigenvalue weighted by molar-refractivity contribution is -0.205. The molecule has 14 heavy (non-hydrogen) atoms. The first-order valence-corrected chi connectivity index (χ1v) is 5.96. The van der Waals surface area contributed by atoms with Gasteiger partial charge in [-0.2, -0.15) is 13.2 Å². The van der Waals surface area contributed by atoms with Crippen molar-refractivity contribution < 1.29 is 26.7 Å². The molecule has 0 fully saturated rings. The van der Waals surface area contributed by atoms with Gasteiger partial charge in [-0.1, -0.05) is 6.92 Å². The number of aliphatic hydroxyl groups is 1. The van der Waals surface area contributed by atoms with Gasteiger partial charge in [0.1, 0.15) is 15.9 Å². The van der Waals surface area contributed by atoms with Gasteiger partial charge in [0.25, 0.3) is 0 Å². The lowest BCUT2D eigenvalue weighted by Gasteiger charge is -2.13. The molecule has 0 aliphatic carbocycles. The quantitative estimate of drug-likeness (QED) is 0.775. The molecule has 86 valence electrons. The third kappa shape index (κ3) is 5.43. The predicted octanol–water partition coefficient (Wildman–Crippen LogP) is 1.12. The van der Waals surface area contributed by atoms with E-state index in [0.717, 1.165) is 0 Å². The number of alkyl halides is 3. The van der Waals surface area contributed by atoms with Gasteiger partial charge in [0.05, 0.1) is 5.75 Å². The second-order valence-electron chi connectivity index (χ2n) is 2.94. The molecule has 0 saturated carbocycles. The van der Waals surface area contributed by atoms with Crippen molar-refractivity contribution in [3.63, 3.8) is 0 Å². The van der Waals surface area contributed by atoms with Gasteiger partial charge in [-0.3, -0.25) is 0 Å². The highest BCUT2D eigenvalue weighted by atomic mass is 32.2. The highest BCUT2D eigenvalue weighted by Crippen LogP contribution is 2.23. The molecule has 0 aromatic heterocycles. The Bertz CT molecular complexity index is 258. The van der Waals surface area contributed by atoms with Gasteiger partial charge >= 0.3 is 6.18 Å². The van der Waals surface area contributed by atoms with Crippen LogP contribution in [0, 0.1) is 0 Å². The van der Waals surface area contributed by atoms with Gasteiger partial charge in [0.15, 0.2) is 0 Å². The van der Waals surface area contributed by atoms with Crippen molar-refractivity contribution >= 4 is 9.84 Å². The minimum absolute atomic E-state index is 0.0882. The second kappa shape index (κ2) is 4.97. The van der Waals surface area contributed by atoms with Crippen molar-refractivity contribution in [3.8, 4) is 0 Å². The molecule has 0 aromatic rings. The van der Waals surface area contributed by atoms with E-state index in [0.29, 0.717) is 0 Å². The van der Waals surface area contributed by atoms with Crippen LogP contribution in [0.15, 0.2) is 0 Å². The SMILES string of the molecule is CCS(=O)(=O)CCCC(O)C(F)(F)F. The Balaban J connectivity index is 3.87. The van der Waals surface area contributed by atoms with Crippen LogP contribution in [-0.2, 0) is 9.84 Å². The van der Waals surface area contributed by atoms with Crippen molar-refractivity contribution in [2.75, 3.05) is 11.5 Å². The Hall–Kier alpha value is -0.300. The second-order valence-corrected chi connectivity index (χ2v) is 5.41. The molecule has 0 bridgehead atoms. The molecule has 1 atom stereocenters. The van der Waals surface area contributed by atoms with Crippen molar-refractivity contribution in [1.29, 1.82) is 0 Å². The minimum atomic E-state index is -4.66. The number of rotatable bonds is 5. The third-order valence-electron chi connectivity index (χ3n) is 1.75. The van der Waals surface area contributed by atoms with Gasteiger partial charge in [-0.15, -0.1) is 0 Å². The van der Waals surface area contributed by atoms with E-state index >= 15 is 0 Å². The smallest absolute Gasteiger partial charge is 0.384 e. The van der Waals surface area contributed by atoms with E-state index in [2.05, 4.69) is 0 Å². The van der Waals surface area contributed by atoms with E-state index in [1.165, 1.54) is 6.92 Å². The molecule has 0 spiro atoms. The number of hydrogen-bond acceptors (Lipinski definition) is 3. The topological polar surface area (TPSA) is 54.4 Å². The summed E-state index contributed by atoms with van der Waals surface area (Å²) in [6.07, 6.45) is -7.82. The van der Waals surface area contributed by atoms with Crippen LogP contribution in [0.25, 0.3) is 0 Å². The van der Waals surface area contributed by atoms with Gasteiger partial charge < -0.3 is 5.11 Å². The summed E-state index contributed by atoms with van der Waals surface area (Å²) >= 11 is 0.